The second-order valence-electron chi connectivity index (χ2n) is 8.49. The highest BCUT2D eigenvalue weighted by Gasteiger charge is 2.36. The molecule has 0 atom stereocenters. The first-order valence-corrected chi connectivity index (χ1v) is 11.6. The van der Waals surface area contributed by atoms with E-state index in [0.717, 1.165) is 17.0 Å². The average Bonchev–Trinajstić information content (AvgIpc) is 2.94. The Bertz CT molecular complexity index is 1710. The van der Waals surface area contributed by atoms with Gasteiger partial charge in [-0.15, -0.1) is 0 Å². The summed E-state index contributed by atoms with van der Waals surface area (Å²) in [4.78, 5) is 55.4. The third-order valence-electron chi connectivity index (χ3n) is 5.80. The van der Waals surface area contributed by atoms with Gasteiger partial charge in [0, 0.05) is 17.8 Å². The fraction of sp³-hybridized carbons (Fsp3) is 0.0400. The molecule has 212 valence electrons. The minimum absolute atomic E-state index is 0.138. The molecule has 0 spiro atoms. The van der Waals surface area contributed by atoms with Crippen molar-refractivity contribution in [1.82, 2.24) is 0 Å². The maximum Gasteiger partial charge on any atom is 0.325 e. The van der Waals surface area contributed by atoms with E-state index >= 15 is 0 Å². The van der Waals surface area contributed by atoms with Crippen LogP contribution in [0.25, 0.3) is 0 Å². The van der Waals surface area contributed by atoms with Gasteiger partial charge in [0.05, 0.1) is 42.4 Å². The number of non-ortho nitro benzene ring substituents is 1. The molecule has 17 nitrogen and oxygen atoms in total. The number of benzene rings is 4. The smallest absolute Gasteiger partial charge is 0.325 e. The number of hydrogen-bond donors (Lipinski definition) is 0. The minimum Gasteiger partial charge on any atom is -0.442 e. The SMILES string of the molecule is Cc1cc([N+](=O)[O-])c(N(c2ccccc2)c2ccccc2Oc2c([N+](=O)[O-])cc([N+](=O)[O-])cc2[N+](=O)[O-])c([N+](=O)[O-])c1. The molecule has 0 unspecified atom stereocenters. The van der Waals surface area contributed by atoms with Gasteiger partial charge >= 0.3 is 22.7 Å². The quantitative estimate of drug-likeness (QED) is 0.140. The molecule has 0 saturated carbocycles. The van der Waals surface area contributed by atoms with E-state index in [2.05, 4.69) is 0 Å². The zero-order valence-electron chi connectivity index (χ0n) is 21.2. The summed E-state index contributed by atoms with van der Waals surface area (Å²) in [5.41, 5.74) is -4.73. The Balaban J connectivity index is 2.06. The fourth-order valence-corrected chi connectivity index (χ4v) is 4.12. The van der Waals surface area contributed by atoms with E-state index in [1.165, 1.54) is 43.3 Å². The van der Waals surface area contributed by atoms with Crippen LogP contribution < -0.4 is 9.64 Å². The largest absolute Gasteiger partial charge is 0.442 e. The first kappa shape index (κ1) is 28.5. The van der Waals surface area contributed by atoms with Gasteiger partial charge in [-0.05, 0) is 36.8 Å². The van der Waals surface area contributed by atoms with E-state index in [0.29, 0.717) is 12.1 Å². The molecular formula is C25H16N6O11. The Kier molecular flexibility index (Phi) is 7.67. The first-order valence-electron chi connectivity index (χ1n) is 11.6. The van der Waals surface area contributed by atoms with Gasteiger partial charge in [0.1, 0.15) is 0 Å². The number of rotatable bonds is 10. The molecule has 0 N–H and O–H groups in total. The third-order valence-corrected chi connectivity index (χ3v) is 5.80. The van der Waals surface area contributed by atoms with Crippen molar-refractivity contribution in [2.45, 2.75) is 6.92 Å². The van der Waals surface area contributed by atoms with Crippen LogP contribution in [0.4, 0.5) is 45.5 Å². The van der Waals surface area contributed by atoms with Crippen molar-refractivity contribution < 1.29 is 29.4 Å². The Morgan fingerprint density at radius 2 is 1.07 bits per heavy atom. The van der Waals surface area contributed by atoms with Crippen LogP contribution in [-0.4, -0.2) is 24.6 Å². The van der Waals surface area contributed by atoms with Crippen molar-refractivity contribution in [2.24, 2.45) is 0 Å². The summed E-state index contributed by atoms with van der Waals surface area (Å²) in [6.45, 7) is 1.43. The minimum atomic E-state index is -1.11. The zero-order valence-corrected chi connectivity index (χ0v) is 21.2. The number of para-hydroxylation sites is 3. The van der Waals surface area contributed by atoms with Crippen molar-refractivity contribution in [2.75, 3.05) is 4.90 Å². The Morgan fingerprint density at radius 3 is 1.55 bits per heavy atom. The van der Waals surface area contributed by atoms with Crippen LogP contribution in [0, 0.1) is 57.5 Å². The molecule has 0 fully saturated rings. The lowest BCUT2D eigenvalue weighted by molar-refractivity contribution is -0.404. The fourth-order valence-electron chi connectivity index (χ4n) is 4.12. The van der Waals surface area contributed by atoms with Gasteiger partial charge in [0.25, 0.3) is 11.4 Å². The second-order valence-corrected chi connectivity index (χ2v) is 8.49. The van der Waals surface area contributed by atoms with Crippen molar-refractivity contribution in [3.05, 3.63) is 135 Å². The monoisotopic (exact) mass is 576 g/mol. The lowest BCUT2D eigenvalue weighted by Crippen LogP contribution is -2.15. The normalized spacial score (nSPS) is 10.5. The maximum atomic E-state index is 12.1. The molecule has 17 heteroatoms. The van der Waals surface area contributed by atoms with Gasteiger partial charge in [-0.1, -0.05) is 30.3 Å². The van der Waals surface area contributed by atoms with Crippen molar-refractivity contribution in [1.29, 1.82) is 0 Å². The molecule has 0 aliphatic heterocycles. The van der Waals surface area contributed by atoms with Crippen LogP contribution in [0.1, 0.15) is 5.56 Å². The number of aryl methyl sites for hydroxylation is 1. The Hall–Kier alpha value is -6.52. The van der Waals surface area contributed by atoms with Crippen LogP contribution in [0.5, 0.6) is 11.5 Å². The zero-order chi connectivity index (χ0) is 30.7. The molecule has 42 heavy (non-hydrogen) atoms. The van der Waals surface area contributed by atoms with E-state index in [1.54, 1.807) is 18.2 Å². The molecule has 4 rings (SSSR count). The van der Waals surface area contributed by atoms with Crippen molar-refractivity contribution >= 4 is 45.5 Å². The first-order chi connectivity index (χ1) is 19.9. The number of nitrogens with zero attached hydrogens (tertiary/aromatic N) is 6. The van der Waals surface area contributed by atoms with Crippen molar-refractivity contribution in [3.63, 3.8) is 0 Å². The summed E-state index contributed by atoms with van der Waals surface area (Å²) < 4.78 is 5.69. The van der Waals surface area contributed by atoms with Crippen LogP contribution in [0.2, 0.25) is 0 Å². The van der Waals surface area contributed by atoms with Crippen LogP contribution in [0.15, 0.2) is 78.9 Å². The van der Waals surface area contributed by atoms with Crippen LogP contribution >= 0.6 is 0 Å². The summed E-state index contributed by atoms with van der Waals surface area (Å²) in [5, 5.41) is 59.2. The van der Waals surface area contributed by atoms with Crippen molar-refractivity contribution in [3.8, 4) is 11.5 Å². The standard InChI is InChI=1S/C25H16N6O11/c1-15-11-19(28(34)35)24(20(12-15)29(36)37)26(16-7-3-2-4-8-16)18-9-5-6-10-23(18)42-25-21(30(38)39)13-17(27(32)33)14-22(25)31(40)41/h2-14H,1H3. The summed E-state index contributed by atoms with van der Waals surface area (Å²) in [6, 6.07) is 16.2. The summed E-state index contributed by atoms with van der Waals surface area (Å²) in [5.74, 6) is -1.32. The highest BCUT2D eigenvalue weighted by molar-refractivity contribution is 5.90. The predicted octanol–water partition coefficient (Wildman–Crippen LogP) is 6.80. The van der Waals surface area contributed by atoms with E-state index < -0.39 is 64.5 Å². The van der Waals surface area contributed by atoms with Gasteiger partial charge in [-0.3, -0.25) is 55.5 Å². The molecule has 0 heterocycles. The molecule has 0 aromatic heterocycles. The van der Waals surface area contributed by atoms with E-state index in [1.807, 2.05) is 0 Å². The van der Waals surface area contributed by atoms with Gasteiger partial charge in [-0.25, -0.2) is 0 Å². The highest BCUT2D eigenvalue weighted by atomic mass is 16.6. The summed E-state index contributed by atoms with van der Waals surface area (Å²) in [6.07, 6.45) is 0. The Labute approximate surface area is 233 Å². The molecule has 0 amide bonds. The van der Waals surface area contributed by atoms with Gasteiger partial charge in [0.15, 0.2) is 5.75 Å². The van der Waals surface area contributed by atoms with Gasteiger partial charge in [0.2, 0.25) is 5.69 Å². The molecule has 0 saturated heterocycles. The van der Waals surface area contributed by atoms with E-state index in [9.17, 15) is 50.6 Å². The lowest BCUT2D eigenvalue weighted by atomic mass is 10.1. The molecule has 0 aliphatic rings. The number of hydrogen-bond acceptors (Lipinski definition) is 12. The number of nitro benzene ring substituents is 5. The third kappa shape index (κ3) is 5.45. The molecule has 0 bridgehead atoms. The van der Waals surface area contributed by atoms with E-state index in [4.69, 9.17) is 4.74 Å². The highest BCUT2D eigenvalue weighted by Crippen LogP contribution is 2.51. The maximum absolute atomic E-state index is 12.1. The van der Waals surface area contributed by atoms with Gasteiger partial charge in [-0.2, -0.15) is 0 Å². The van der Waals surface area contributed by atoms with Gasteiger partial charge < -0.3 is 4.74 Å². The second kappa shape index (κ2) is 11.3. The number of ether oxygens (including phenoxy) is 1. The lowest BCUT2D eigenvalue weighted by Gasteiger charge is -2.26. The van der Waals surface area contributed by atoms with Crippen LogP contribution in [0.3, 0.4) is 0 Å². The average molecular weight is 576 g/mol. The van der Waals surface area contributed by atoms with E-state index in [-0.39, 0.29) is 22.7 Å². The number of nitro groups is 5. The Morgan fingerprint density at radius 1 is 0.595 bits per heavy atom. The van der Waals surface area contributed by atoms with Crippen LogP contribution in [-0.2, 0) is 0 Å². The molecule has 4 aromatic carbocycles. The predicted molar refractivity (Wildman–Crippen MR) is 146 cm³/mol. The number of anilines is 3. The summed E-state index contributed by atoms with van der Waals surface area (Å²) in [7, 11) is 0. The molecule has 0 radical (unpaired) electrons. The topological polar surface area (TPSA) is 228 Å². The molecule has 4 aromatic rings. The molecular weight excluding hydrogens is 560 g/mol. The summed E-state index contributed by atoms with van der Waals surface area (Å²) >= 11 is 0. The molecule has 0 aliphatic carbocycles.